The Morgan fingerprint density at radius 2 is 2.24 bits per heavy atom. The van der Waals surface area contributed by atoms with Gasteiger partial charge in [-0.15, -0.1) is 11.6 Å². The number of halogens is 1. The third-order valence-electron chi connectivity index (χ3n) is 3.79. The van der Waals surface area contributed by atoms with E-state index in [-0.39, 0.29) is 5.91 Å². The summed E-state index contributed by atoms with van der Waals surface area (Å²) >= 11 is 5.87. The van der Waals surface area contributed by atoms with Crippen molar-refractivity contribution in [2.75, 3.05) is 25.6 Å². The Kier molecular flexibility index (Phi) is 5.11. The van der Waals surface area contributed by atoms with Gasteiger partial charge in [0, 0.05) is 32.0 Å². The molecule has 0 radical (unpaired) electrons. The van der Waals surface area contributed by atoms with Gasteiger partial charge in [0.25, 0.3) is 0 Å². The van der Waals surface area contributed by atoms with E-state index in [9.17, 15) is 4.79 Å². The predicted octanol–water partition coefficient (Wildman–Crippen LogP) is 2.42. The number of hydrogen-bond donors (Lipinski definition) is 0. The molecule has 17 heavy (non-hydrogen) atoms. The van der Waals surface area contributed by atoms with Crippen LogP contribution in [0.1, 0.15) is 38.5 Å². The number of alkyl halides is 1. The summed E-state index contributed by atoms with van der Waals surface area (Å²) in [5, 5.41) is 0. The van der Waals surface area contributed by atoms with E-state index < -0.39 is 0 Å². The third-order valence-corrected chi connectivity index (χ3v) is 4.23. The summed E-state index contributed by atoms with van der Waals surface area (Å²) in [7, 11) is 0. The molecule has 98 valence electrons. The second kappa shape index (κ2) is 6.60. The normalized spacial score (nSPS) is 29.6. The number of piperidine rings is 1. The van der Waals surface area contributed by atoms with Gasteiger partial charge in [-0.25, -0.2) is 0 Å². The molecule has 2 aliphatic rings. The number of hydrogen-bond acceptors (Lipinski definition) is 2. The largest absolute Gasteiger partial charge is 0.378 e. The molecular weight excluding hydrogens is 238 g/mol. The minimum absolute atomic E-state index is 0.287. The molecule has 4 heteroatoms. The Hall–Kier alpha value is -0.280. The van der Waals surface area contributed by atoms with Crippen LogP contribution in [-0.4, -0.2) is 42.5 Å². The first-order chi connectivity index (χ1) is 8.29. The number of amides is 1. The molecule has 0 N–H and O–H groups in total. The van der Waals surface area contributed by atoms with Crippen LogP contribution in [0.4, 0.5) is 0 Å². The van der Waals surface area contributed by atoms with E-state index in [0.717, 1.165) is 45.4 Å². The van der Waals surface area contributed by atoms with Gasteiger partial charge < -0.3 is 9.64 Å². The number of ether oxygens (including phenoxy) is 1. The summed E-state index contributed by atoms with van der Waals surface area (Å²) in [5.41, 5.74) is 0. The average molecular weight is 260 g/mol. The smallest absolute Gasteiger partial charge is 0.222 e. The first-order valence-corrected chi connectivity index (χ1v) is 7.28. The van der Waals surface area contributed by atoms with Crippen molar-refractivity contribution in [3.05, 3.63) is 0 Å². The van der Waals surface area contributed by atoms with Crippen LogP contribution in [0.25, 0.3) is 0 Å². The molecule has 0 bridgehead atoms. The molecule has 0 aliphatic carbocycles. The van der Waals surface area contributed by atoms with Gasteiger partial charge in [0.1, 0.15) is 0 Å². The zero-order valence-electron chi connectivity index (χ0n) is 10.4. The van der Waals surface area contributed by atoms with Gasteiger partial charge in [0.05, 0.1) is 6.10 Å². The molecule has 0 spiro atoms. The molecule has 2 unspecified atom stereocenters. The zero-order valence-corrected chi connectivity index (χ0v) is 11.1. The number of likely N-dealkylation sites (tertiary alicyclic amines) is 1. The second-order valence-electron chi connectivity index (χ2n) is 5.18. The van der Waals surface area contributed by atoms with Crippen molar-refractivity contribution in [1.29, 1.82) is 0 Å². The average Bonchev–Trinajstić information content (AvgIpc) is 2.89. The highest BCUT2D eigenvalue weighted by Gasteiger charge is 2.24. The maximum atomic E-state index is 12.0. The quantitative estimate of drug-likeness (QED) is 0.726. The Morgan fingerprint density at radius 3 is 2.94 bits per heavy atom. The fourth-order valence-electron chi connectivity index (χ4n) is 2.73. The lowest BCUT2D eigenvalue weighted by Gasteiger charge is -2.32. The van der Waals surface area contributed by atoms with Crippen molar-refractivity contribution in [3.63, 3.8) is 0 Å². The van der Waals surface area contributed by atoms with Gasteiger partial charge in [0.15, 0.2) is 0 Å². The summed E-state index contributed by atoms with van der Waals surface area (Å²) in [6.07, 6.45) is 6.39. The van der Waals surface area contributed by atoms with E-state index in [1.165, 1.54) is 6.42 Å². The number of nitrogens with zero attached hydrogens (tertiary/aromatic N) is 1. The van der Waals surface area contributed by atoms with E-state index in [1.807, 2.05) is 4.90 Å². The van der Waals surface area contributed by atoms with E-state index in [1.54, 1.807) is 0 Å². The Balaban J connectivity index is 1.71. The molecule has 0 aromatic carbocycles. The molecule has 2 rings (SSSR count). The number of carbonyl (C=O) groups is 1. The fraction of sp³-hybridized carbons (Fsp3) is 0.923. The molecule has 2 fully saturated rings. The summed E-state index contributed by atoms with van der Waals surface area (Å²) < 4.78 is 5.54. The molecule has 2 atom stereocenters. The van der Waals surface area contributed by atoms with E-state index in [2.05, 4.69) is 0 Å². The van der Waals surface area contributed by atoms with Crippen LogP contribution in [0.2, 0.25) is 0 Å². The highest BCUT2D eigenvalue weighted by atomic mass is 35.5. The van der Waals surface area contributed by atoms with Crippen LogP contribution in [0.5, 0.6) is 0 Å². The van der Waals surface area contributed by atoms with Gasteiger partial charge in [-0.1, -0.05) is 0 Å². The Labute approximate surface area is 108 Å². The molecular formula is C13H22ClNO2. The SMILES string of the molecule is O=C(CCC1CCCO1)N1CCCC(CCl)C1. The maximum absolute atomic E-state index is 12.0. The molecule has 0 aromatic heterocycles. The molecule has 0 aromatic rings. The van der Waals surface area contributed by atoms with Crippen molar-refractivity contribution in [3.8, 4) is 0 Å². The summed E-state index contributed by atoms with van der Waals surface area (Å²) in [5.74, 6) is 1.46. The van der Waals surface area contributed by atoms with Crippen molar-refractivity contribution in [2.24, 2.45) is 5.92 Å². The molecule has 1 amide bonds. The summed E-state index contributed by atoms with van der Waals surface area (Å²) in [4.78, 5) is 14.0. The summed E-state index contributed by atoms with van der Waals surface area (Å²) in [6, 6.07) is 0. The summed E-state index contributed by atoms with van der Waals surface area (Å²) in [6.45, 7) is 2.64. The highest BCUT2D eigenvalue weighted by molar-refractivity contribution is 6.18. The maximum Gasteiger partial charge on any atom is 0.222 e. The Morgan fingerprint density at radius 1 is 1.35 bits per heavy atom. The minimum atomic E-state index is 0.287. The van der Waals surface area contributed by atoms with Gasteiger partial charge in [-0.2, -0.15) is 0 Å². The fourth-order valence-corrected chi connectivity index (χ4v) is 2.98. The predicted molar refractivity (Wildman–Crippen MR) is 68.2 cm³/mol. The first-order valence-electron chi connectivity index (χ1n) is 6.75. The van der Waals surface area contributed by atoms with Crippen LogP contribution in [0.15, 0.2) is 0 Å². The van der Waals surface area contributed by atoms with E-state index >= 15 is 0 Å². The van der Waals surface area contributed by atoms with E-state index in [4.69, 9.17) is 16.3 Å². The minimum Gasteiger partial charge on any atom is -0.378 e. The zero-order chi connectivity index (χ0) is 12.1. The van der Waals surface area contributed by atoms with Crippen molar-refractivity contribution in [2.45, 2.75) is 44.6 Å². The van der Waals surface area contributed by atoms with Crippen LogP contribution >= 0.6 is 11.6 Å². The van der Waals surface area contributed by atoms with Crippen molar-refractivity contribution >= 4 is 17.5 Å². The number of rotatable bonds is 4. The number of carbonyl (C=O) groups excluding carboxylic acids is 1. The lowest BCUT2D eigenvalue weighted by Crippen LogP contribution is -2.40. The van der Waals surface area contributed by atoms with Gasteiger partial charge >= 0.3 is 0 Å². The van der Waals surface area contributed by atoms with Crippen LogP contribution in [0.3, 0.4) is 0 Å². The van der Waals surface area contributed by atoms with Crippen LogP contribution in [-0.2, 0) is 9.53 Å². The van der Waals surface area contributed by atoms with Crippen LogP contribution < -0.4 is 0 Å². The van der Waals surface area contributed by atoms with Gasteiger partial charge in [0.2, 0.25) is 5.91 Å². The lowest BCUT2D eigenvalue weighted by atomic mass is 9.99. The topological polar surface area (TPSA) is 29.5 Å². The molecule has 2 saturated heterocycles. The van der Waals surface area contributed by atoms with Crippen molar-refractivity contribution < 1.29 is 9.53 Å². The van der Waals surface area contributed by atoms with Crippen LogP contribution in [0, 0.1) is 5.92 Å². The van der Waals surface area contributed by atoms with Crippen molar-refractivity contribution in [1.82, 2.24) is 4.90 Å². The first kappa shape index (κ1) is 13.2. The van der Waals surface area contributed by atoms with Gasteiger partial charge in [-0.3, -0.25) is 4.79 Å². The molecule has 3 nitrogen and oxygen atoms in total. The molecule has 2 heterocycles. The third kappa shape index (κ3) is 3.85. The molecule has 2 aliphatic heterocycles. The second-order valence-corrected chi connectivity index (χ2v) is 5.48. The highest BCUT2D eigenvalue weighted by Crippen LogP contribution is 2.21. The monoisotopic (exact) mass is 259 g/mol. The van der Waals surface area contributed by atoms with Gasteiger partial charge in [-0.05, 0) is 38.0 Å². The lowest BCUT2D eigenvalue weighted by molar-refractivity contribution is -0.133. The molecule has 0 saturated carbocycles. The van der Waals surface area contributed by atoms with E-state index in [0.29, 0.717) is 24.3 Å². The standard InChI is InChI=1S/C13H22ClNO2/c14-9-11-3-1-7-15(10-11)13(16)6-5-12-4-2-8-17-12/h11-12H,1-10H2. The Bertz CT molecular complexity index is 254.